The summed E-state index contributed by atoms with van der Waals surface area (Å²) in [4.78, 5) is 38.7. The minimum Gasteiger partial charge on any atom is -0.437 e. The van der Waals surface area contributed by atoms with E-state index in [4.69, 9.17) is 9.47 Å². The fourth-order valence-electron chi connectivity index (χ4n) is 6.82. The molecule has 1 aliphatic heterocycles. The summed E-state index contributed by atoms with van der Waals surface area (Å²) in [6, 6.07) is 7.70. The van der Waals surface area contributed by atoms with Gasteiger partial charge in [-0.05, 0) is 47.8 Å². The highest BCUT2D eigenvalue weighted by molar-refractivity contribution is 6.90. The number of piperazine rings is 1. The summed E-state index contributed by atoms with van der Waals surface area (Å²) in [5.41, 5.74) is 4.78. The molecule has 1 aromatic carbocycles. The van der Waals surface area contributed by atoms with Gasteiger partial charge in [-0.1, -0.05) is 73.2 Å². The van der Waals surface area contributed by atoms with Crippen LogP contribution in [0.5, 0.6) is 11.6 Å². The Labute approximate surface area is 313 Å². The number of anilines is 1. The van der Waals surface area contributed by atoms with Crippen LogP contribution < -0.4 is 15.2 Å². The number of halogens is 3. The molecule has 0 aliphatic carbocycles. The molecule has 1 aliphatic rings. The van der Waals surface area contributed by atoms with E-state index in [1.807, 2.05) is 0 Å². The number of alkyl halides is 3. The van der Waals surface area contributed by atoms with Gasteiger partial charge >= 0.3 is 6.18 Å². The van der Waals surface area contributed by atoms with Gasteiger partial charge in [0.05, 0.1) is 11.1 Å². The van der Waals surface area contributed by atoms with E-state index >= 15 is 0 Å². The van der Waals surface area contributed by atoms with E-state index in [0.29, 0.717) is 71.8 Å². The van der Waals surface area contributed by atoms with E-state index in [0.717, 1.165) is 18.4 Å². The van der Waals surface area contributed by atoms with Gasteiger partial charge in [0.15, 0.2) is 0 Å². The highest BCUT2D eigenvalue weighted by Crippen LogP contribution is 2.41. The van der Waals surface area contributed by atoms with E-state index in [9.17, 15) is 22.8 Å². The van der Waals surface area contributed by atoms with Crippen molar-refractivity contribution in [3.05, 3.63) is 69.3 Å². The summed E-state index contributed by atoms with van der Waals surface area (Å²) >= 11 is 0. The van der Waals surface area contributed by atoms with Gasteiger partial charge in [0.2, 0.25) is 11.8 Å². The lowest BCUT2D eigenvalue weighted by Crippen LogP contribution is -2.49. The van der Waals surface area contributed by atoms with Crippen molar-refractivity contribution in [1.29, 1.82) is 0 Å². The molecule has 2 aromatic heterocycles. The van der Waals surface area contributed by atoms with Crippen molar-refractivity contribution in [2.75, 3.05) is 37.7 Å². The maximum atomic E-state index is 13.9. The van der Waals surface area contributed by atoms with Gasteiger partial charge in [-0.2, -0.15) is 17.9 Å². The third kappa shape index (κ3) is 10.2. The summed E-state index contributed by atoms with van der Waals surface area (Å²) in [6.45, 7) is 23.7. The molecule has 0 saturated carbocycles. The second kappa shape index (κ2) is 17.0. The van der Waals surface area contributed by atoms with E-state index < -0.39 is 27.9 Å². The fourth-order valence-corrected chi connectivity index (χ4v) is 12.8. The number of benzene rings is 1. The molecule has 15 heteroatoms. The first-order valence-corrected chi connectivity index (χ1v) is 24.1. The van der Waals surface area contributed by atoms with Crippen molar-refractivity contribution in [1.82, 2.24) is 24.6 Å². The van der Waals surface area contributed by atoms with E-state index in [2.05, 4.69) is 87.7 Å². The molecule has 0 N–H and O–H groups in total. The molecule has 288 valence electrons. The Balaban J connectivity index is 1.59. The highest BCUT2D eigenvalue weighted by Gasteiger charge is 2.42. The standard InChI is InChI=1S/C38H53F3N6O4Si2/c1-26(2)53(27(3)4,28(5)6)20-14-33-29(7)34(44-47(36(33)49)25-50-19-21-52(8,9)10)51-32-13-11-12-30(22-32)35(48)45-15-17-46(18-16-45)37-42-23-31(24-43-37)38(39,40)41/h11-13,22-24,26-28H,15-19,21,25H2,1-10H3. The quantitative estimate of drug-likeness (QED) is 0.104. The van der Waals surface area contributed by atoms with Crippen LogP contribution in [-0.4, -0.2) is 79.5 Å². The highest BCUT2D eigenvalue weighted by atomic mass is 28.3. The summed E-state index contributed by atoms with van der Waals surface area (Å²) in [5, 5.41) is 4.57. The van der Waals surface area contributed by atoms with Crippen molar-refractivity contribution in [3.8, 4) is 23.1 Å². The van der Waals surface area contributed by atoms with Crippen molar-refractivity contribution in [3.63, 3.8) is 0 Å². The number of amides is 1. The second-order valence-electron chi connectivity index (χ2n) is 15.8. The van der Waals surface area contributed by atoms with Crippen LogP contribution in [0, 0.1) is 18.4 Å². The summed E-state index contributed by atoms with van der Waals surface area (Å²) < 4.78 is 52.4. The second-order valence-corrected chi connectivity index (χ2v) is 27.0. The molecular formula is C38H53F3N6O4Si2. The van der Waals surface area contributed by atoms with Gasteiger partial charge in [0.25, 0.3) is 11.5 Å². The van der Waals surface area contributed by atoms with Crippen LogP contribution in [0.4, 0.5) is 19.1 Å². The number of hydrogen-bond acceptors (Lipinski definition) is 8. The zero-order valence-corrected chi connectivity index (χ0v) is 34.6. The van der Waals surface area contributed by atoms with Crippen LogP contribution in [0.2, 0.25) is 42.3 Å². The lowest BCUT2D eigenvalue weighted by Gasteiger charge is -2.38. The molecule has 0 radical (unpaired) electrons. The molecule has 3 aromatic rings. The van der Waals surface area contributed by atoms with Crippen LogP contribution in [-0.2, 0) is 17.6 Å². The SMILES string of the molecule is Cc1c(Oc2cccc(C(=O)N3CCN(c4ncc(C(F)(F)F)cn4)CC3)c2)nn(COCC[Si](C)(C)C)c(=O)c1C#C[Si](C(C)C)(C(C)C)C(C)C. The van der Waals surface area contributed by atoms with Gasteiger partial charge < -0.3 is 19.3 Å². The Kier molecular flexibility index (Phi) is 13.4. The molecule has 0 unspecified atom stereocenters. The Bertz CT molecular complexity index is 1840. The molecule has 1 saturated heterocycles. The molecule has 53 heavy (non-hydrogen) atoms. The summed E-state index contributed by atoms with van der Waals surface area (Å²) in [7, 11) is -3.54. The minimum absolute atomic E-state index is 0.0439. The van der Waals surface area contributed by atoms with Gasteiger partial charge in [-0.3, -0.25) is 9.59 Å². The van der Waals surface area contributed by atoms with Crippen molar-refractivity contribution >= 4 is 28.0 Å². The normalized spacial score (nSPS) is 14.2. The number of carbonyl (C=O) groups excluding carboxylic acids is 1. The third-order valence-corrected chi connectivity index (χ3v) is 17.9. The Morgan fingerprint density at radius 2 is 1.57 bits per heavy atom. The zero-order valence-electron chi connectivity index (χ0n) is 32.6. The van der Waals surface area contributed by atoms with Gasteiger partial charge in [0, 0.05) is 64.4 Å². The zero-order chi connectivity index (χ0) is 39.3. The monoisotopic (exact) mass is 770 g/mol. The molecule has 1 amide bonds. The van der Waals surface area contributed by atoms with Crippen molar-refractivity contribution in [2.45, 2.75) is 104 Å². The van der Waals surface area contributed by atoms with Gasteiger partial charge in [-0.25, -0.2) is 9.97 Å². The average Bonchev–Trinajstić information content (AvgIpc) is 3.08. The Hall–Kier alpha value is -4.01. The molecule has 0 spiro atoms. The number of carbonyl (C=O) groups is 1. The molecule has 0 bridgehead atoms. The first kappa shape index (κ1) is 41.7. The van der Waals surface area contributed by atoms with Crippen LogP contribution in [0.15, 0.2) is 41.5 Å². The number of rotatable bonds is 12. The smallest absolute Gasteiger partial charge is 0.419 e. The molecule has 3 heterocycles. The minimum atomic E-state index is -4.52. The van der Waals surface area contributed by atoms with Crippen LogP contribution in [0.3, 0.4) is 0 Å². The first-order valence-electron chi connectivity index (χ1n) is 18.2. The number of hydrogen-bond donors (Lipinski definition) is 0. The predicted molar refractivity (Wildman–Crippen MR) is 207 cm³/mol. The lowest BCUT2D eigenvalue weighted by atomic mass is 10.1. The lowest BCUT2D eigenvalue weighted by molar-refractivity contribution is -0.138. The van der Waals surface area contributed by atoms with Crippen molar-refractivity contribution in [2.24, 2.45) is 0 Å². The fraction of sp³-hybridized carbons (Fsp3) is 0.553. The maximum absolute atomic E-state index is 13.9. The molecule has 1 fully saturated rings. The molecular weight excluding hydrogens is 718 g/mol. The summed E-state index contributed by atoms with van der Waals surface area (Å²) in [6.07, 6.45) is -2.98. The largest absolute Gasteiger partial charge is 0.437 e. The van der Waals surface area contributed by atoms with Crippen LogP contribution >= 0.6 is 0 Å². The van der Waals surface area contributed by atoms with Gasteiger partial charge in [0.1, 0.15) is 20.6 Å². The van der Waals surface area contributed by atoms with Crippen LogP contribution in [0.1, 0.15) is 68.6 Å². The topological polar surface area (TPSA) is 103 Å². The predicted octanol–water partition coefficient (Wildman–Crippen LogP) is 8.00. The van der Waals surface area contributed by atoms with E-state index in [-0.39, 0.29) is 30.0 Å². The van der Waals surface area contributed by atoms with E-state index in [1.165, 1.54) is 4.68 Å². The molecule has 4 rings (SSSR count). The first-order chi connectivity index (χ1) is 24.7. The number of nitrogens with zero attached hydrogens (tertiary/aromatic N) is 6. The van der Waals surface area contributed by atoms with E-state index in [1.54, 1.807) is 41.0 Å². The number of aromatic nitrogens is 4. The Morgan fingerprint density at radius 1 is 0.962 bits per heavy atom. The van der Waals surface area contributed by atoms with Crippen LogP contribution in [0.25, 0.3) is 0 Å². The molecule has 0 atom stereocenters. The average molecular weight is 771 g/mol. The third-order valence-electron chi connectivity index (χ3n) is 9.95. The van der Waals surface area contributed by atoms with Gasteiger partial charge in [-0.15, -0.1) is 10.6 Å². The summed E-state index contributed by atoms with van der Waals surface area (Å²) in [5.74, 6) is 3.85. The number of ether oxygens (including phenoxy) is 2. The van der Waals surface area contributed by atoms with Crippen molar-refractivity contribution < 1.29 is 27.4 Å². The maximum Gasteiger partial charge on any atom is 0.419 e. The molecule has 10 nitrogen and oxygen atoms in total. The Morgan fingerprint density at radius 3 is 2.11 bits per heavy atom.